The Morgan fingerprint density at radius 2 is 1.93 bits per heavy atom. The van der Waals surface area contributed by atoms with Crippen molar-refractivity contribution in [2.45, 2.75) is 31.6 Å². The summed E-state index contributed by atoms with van der Waals surface area (Å²) in [4.78, 5) is 27.5. The van der Waals surface area contributed by atoms with Crippen molar-refractivity contribution >= 4 is 42.8 Å². The molecule has 1 N–H and O–H groups in total. The van der Waals surface area contributed by atoms with Gasteiger partial charge in [0, 0.05) is 16.1 Å². The van der Waals surface area contributed by atoms with Crippen LogP contribution in [0.2, 0.25) is 0 Å². The average Bonchev–Trinajstić information content (AvgIpc) is 3.08. The molecule has 148 valence electrons. The van der Waals surface area contributed by atoms with Gasteiger partial charge in [-0.25, -0.2) is 17.2 Å². The number of carbonyl (C=O) groups is 1. The lowest BCUT2D eigenvalue weighted by molar-refractivity contribution is 0.0492. The first-order chi connectivity index (χ1) is 13.3. The van der Waals surface area contributed by atoms with E-state index in [0.29, 0.717) is 16.3 Å². The van der Waals surface area contributed by atoms with Crippen molar-refractivity contribution in [2.75, 3.05) is 6.61 Å². The quantitative estimate of drug-likeness (QED) is 0.441. The highest BCUT2D eigenvalue weighted by Gasteiger charge is 2.29. The molecule has 0 saturated heterocycles. The molecular formula is C19H19BrN2O5S. The van der Waals surface area contributed by atoms with Crippen molar-refractivity contribution in [1.29, 1.82) is 0 Å². The predicted molar refractivity (Wildman–Crippen MR) is 109 cm³/mol. The zero-order chi connectivity index (χ0) is 20.5. The summed E-state index contributed by atoms with van der Waals surface area (Å²) in [5.41, 5.74) is -0.0981. The fourth-order valence-electron chi connectivity index (χ4n) is 2.76. The maximum Gasteiger partial charge on any atom is 0.356 e. The van der Waals surface area contributed by atoms with E-state index in [1.165, 1.54) is 24.4 Å². The second kappa shape index (κ2) is 7.92. The number of aromatic nitrogens is 2. The Balaban J connectivity index is 2.28. The SMILES string of the molecule is CCCCOC(=O)c1cc2c(Br)c[nH]c(=O)c2n1S(=O)(=O)c1ccc(C)cc1. The van der Waals surface area contributed by atoms with Gasteiger partial charge in [-0.05, 0) is 47.5 Å². The number of carbonyl (C=O) groups excluding carboxylic acids is 1. The van der Waals surface area contributed by atoms with E-state index in [0.717, 1.165) is 16.0 Å². The topological polar surface area (TPSA) is 98.2 Å². The van der Waals surface area contributed by atoms with E-state index in [-0.39, 0.29) is 22.7 Å². The molecule has 0 amide bonds. The molecule has 2 heterocycles. The van der Waals surface area contributed by atoms with Crippen LogP contribution in [0.15, 0.2) is 50.7 Å². The third-order valence-electron chi connectivity index (χ3n) is 4.26. The van der Waals surface area contributed by atoms with Crippen molar-refractivity contribution in [3.63, 3.8) is 0 Å². The second-order valence-electron chi connectivity index (χ2n) is 6.33. The summed E-state index contributed by atoms with van der Waals surface area (Å²) in [7, 11) is -4.21. The normalized spacial score (nSPS) is 11.7. The van der Waals surface area contributed by atoms with Gasteiger partial charge in [0.05, 0.1) is 11.5 Å². The summed E-state index contributed by atoms with van der Waals surface area (Å²) in [6.45, 7) is 3.95. The largest absolute Gasteiger partial charge is 0.461 e. The van der Waals surface area contributed by atoms with Crippen LogP contribution in [0.3, 0.4) is 0 Å². The molecule has 28 heavy (non-hydrogen) atoms. The fraction of sp³-hybridized carbons (Fsp3) is 0.263. The maximum atomic E-state index is 13.3. The first-order valence-electron chi connectivity index (χ1n) is 8.69. The summed E-state index contributed by atoms with van der Waals surface area (Å²) in [6.07, 6.45) is 2.88. The minimum atomic E-state index is -4.21. The van der Waals surface area contributed by atoms with Crippen LogP contribution in [0.25, 0.3) is 10.9 Å². The molecule has 3 rings (SSSR count). The number of pyridine rings is 1. The summed E-state index contributed by atoms with van der Waals surface area (Å²) < 4.78 is 33.1. The molecule has 0 radical (unpaired) electrons. The molecule has 2 aromatic heterocycles. The Morgan fingerprint density at radius 3 is 2.57 bits per heavy atom. The molecule has 0 spiro atoms. The van der Waals surface area contributed by atoms with E-state index < -0.39 is 21.6 Å². The zero-order valence-electron chi connectivity index (χ0n) is 15.4. The number of hydrogen-bond acceptors (Lipinski definition) is 5. The Kier molecular flexibility index (Phi) is 5.76. The van der Waals surface area contributed by atoms with E-state index in [9.17, 15) is 18.0 Å². The van der Waals surface area contributed by atoms with Crippen LogP contribution in [0, 0.1) is 6.92 Å². The molecular weight excluding hydrogens is 448 g/mol. The molecule has 0 fully saturated rings. The van der Waals surface area contributed by atoms with E-state index >= 15 is 0 Å². The van der Waals surface area contributed by atoms with Crippen LogP contribution < -0.4 is 5.56 Å². The summed E-state index contributed by atoms with van der Waals surface area (Å²) >= 11 is 3.29. The average molecular weight is 467 g/mol. The fourth-order valence-corrected chi connectivity index (χ4v) is 4.67. The minimum Gasteiger partial charge on any atom is -0.461 e. The van der Waals surface area contributed by atoms with Crippen LogP contribution >= 0.6 is 15.9 Å². The van der Waals surface area contributed by atoms with Gasteiger partial charge in [-0.3, -0.25) is 4.79 Å². The van der Waals surface area contributed by atoms with Crippen molar-refractivity contribution in [3.8, 4) is 0 Å². The monoisotopic (exact) mass is 466 g/mol. The van der Waals surface area contributed by atoms with Gasteiger partial charge < -0.3 is 9.72 Å². The zero-order valence-corrected chi connectivity index (χ0v) is 17.8. The number of benzene rings is 1. The number of esters is 1. The highest BCUT2D eigenvalue weighted by molar-refractivity contribution is 9.10. The van der Waals surface area contributed by atoms with Gasteiger partial charge in [0.1, 0.15) is 11.2 Å². The van der Waals surface area contributed by atoms with Crippen LogP contribution in [0.1, 0.15) is 35.8 Å². The van der Waals surface area contributed by atoms with Crippen LogP contribution in [-0.4, -0.2) is 30.0 Å². The number of aryl methyl sites for hydroxylation is 1. The van der Waals surface area contributed by atoms with Gasteiger partial charge in [-0.15, -0.1) is 0 Å². The van der Waals surface area contributed by atoms with E-state index in [4.69, 9.17) is 4.74 Å². The van der Waals surface area contributed by atoms with E-state index in [1.807, 2.05) is 13.8 Å². The molecule has 0 aliphatic carbocycles. The summed E-state index contributed by atoms with van der Waals surface area (Å²) in [5, 5.41) is 0.307. The number of unbranched alkanes of at least 4 members (excludes halogenated alkanes) is 1. The van der Waals surface area contributed by atoms with Gasteiger partial charge in [0.15, 0.2) is 0 Å². The number of H-pyrrole nitrogens is 1. The number of fused-ring (bicyclic) bond motifs is 1. The van der Waals surface area contributed by atoms with Gasteiger partial charge in [-0.2, -0.15) is 0 Å². The number of rotatable bonds is 6. The van der Waals surface area contributed by atoms with Crippen LogP contribution in [0.5, 0.6) is 0 Å². The van der Waals surface area contributed by atoms with Crippen molar-refractivity contribution in [1.82, 2.24) is 8.96 Å². The van der Waals surface area contributed by atoms with Crippen LogP contribution in [0.4, 0.5) is 0 Å². The molecule has 0 bridgehead atoms. The minimum absolute atomic E-state index is 0.0300. The molecule has 3 aromatic rings. The summed E-state index contributed by atoms with van der Waals surface area (Å²) in [6, 6.07) is 7.54. The lowest BCUT2D eigenvalue weighted by Gasteiger charge is -2.11. The number of nitrogens with zero attached hydrogens (tertiary/aromatic N) is 1. The molecule has 9 heteroatoms. The van der Waals surface area contributed by atoms with Gasteiger partial charge in [0.2, 0.25) is 0 Å². The van der Waals surface area contributed by atoms with Gasteiger partial charge in [-0.1, -0.05) is 31.0 Å². The molecule has 7 nitrogen and oxygen atoms in total. The third kappa shape index (κ3) is 3.64. The first kappa shape index (κ1) is 20.3. The van der Waals surface area contributed by atoms with E-state index in [1.54, 1.807) is 12.1 Å². The number of halogens is 1. The number of nitrogens with one attached hydrogen (secondary N) is 1. The number of ether oxygens (including phenoxy) is 1. The number of hydrogen-bond donors (Lipinski definition) is 1. The molecule has 1 aromatic carbocycles. The van der Waals surface area contributed by atoms with Gasteiger partial charge >= 0.3 is 5.97 Å². The highest BCUT2D eigenvalue weighted by Crippen LogP contribution is 2.28. The summed E-state index contributed by atoms with van der Waals surface area (Å²) in [5.74, 6) is -0.799. The first-order valence-corrected chi connectivity index (χ1v) is 10.9. The Labute approximate surface area is 170 Å². The lowest BCUT2D eigenvalue weighted by Crippen LogP contribution is -2.23. The van der Waals surface area contributed by atoms with Crippen molar-refractivity contribution in [3.05, 3.63) is 62.6 Å². The molecule has 0 unspecified atom stereocenters. The van der Waals surface area contributed by atoms with E-state index in [2.05, 4.69) is 20.9 Å². The van der Waals surface area contributed by atoms with Crippen molar-refractivity contribution in [2.24, 2.45) is 0 Å². The smallest absolute Gasteiger partial charge is 0.356 e. The molecule has 0 aliphatic rings. The van der Waals surface area contributed by atoms with Gasteiger partial charge in [0.25, 0.3) is 15.6 Å². The van der Waals surface area contributed by atoms with Crippen LogP contribution in [-0.2, 0) is 14.8 Å². The highest BCUT2D eigenvalue weighted by atomic mass is 79.9. The number of aromatic amines is 1. The molecule has 0 aliphatic heterocycles. The third-order valence-corrected chi connectivity index (χ3v) is 6.64. The maximum absolute atomic E-state index is 13.3. The lowest BCUT2D eigenvalue weighted by atomic mass is 10.2. The van der Waals surface area contributed by atoms with Crippen molar-refractivity contribution < 1.29 is 17.9 Å². The standard InChI is InChI=1S/C19H19BrN2O5S/c1-3-4-9-27-19(24)16-10-14-15(20)11-21-18(23)17(14)22(16)28(25,26)13-7-5-12(2)6-8-13/h5-8,10-11H,3-4,9H2,1-2H3,(H,21,23). The molecule has 0 atom stereocenters. The Hall–Kier alpha value is -2.39. The Morgan fingerprint density at radius 1 is 1.25 bits per heavy atom. The molecule has 0 saturated carbocycles. The Bertz CT molecular complexity index is 1190. The predicted octanol–water partition coefficient (Wildman–Crippen LogP) is 3.59. The second-order valence-corrected chi connectivity index (χ2v) is 8.97.